The van der Waals surface area contributed by atoms with Gasteiger partial charge in [-0.05, 0) is 60.5 Å². The van der Waals surface area contributed by atoms with Gasteiger partial charge in [0.25, 0.3) is 15.9 Å². The smallest absolute Gasteiger partial charge is 0.261 e. The average Bonchev–Trinajstić information content (AvgIpc) is 3.20. The van der Waals surface area contributed by atoms with Gasteiger partial charge in [-0.1, -0.05) is 24.3 Å². The average molecular weight is 424 g/mol. The van der Waals surface area contributed by atoms with Gasteiger partial charge >= 0.3 is 0 Å². The Kier molecular flexibility index (Phi) is 5.33. The normalized spacial score (nSPS) is 12.4. The third-order valence-corrected chi connectivity index (χ3v) is 5.95. The highest BCUT2D eigenvalue weighted by atomic mass is 32.2. The number of nitrogens with one attached hydrogen (secondary N) is 2. The van der Waals surface area contributed by atoms with E-state index in [4.69, 9.17) is 9.47 Å². The van der Waals surface area contributed by atoms with Gasteiger partial charge in [0.2, 0.25) is 6.79 Å². The van der Waals surface area contributed by atoms with E-state index in [9.17, 15) is 13.2 Å². The summed E-state index contributed by atoms with van der Waals surface area (Å²) >= 11 is 0. The lowest BCUT2D eigenvalue weighted by Gasteiger charge is -2.10. The Morgan fingerprint density at radius 2 is 1.77 bits per heavy atom. The van der Waals surface area contributed by atoms with Gasteiger partial charge in [0.15, 0.2) is 11.5 Å². The summed E-state index contributed by atoms with van der Waals surface area (Å²) in [5, 5.41) is 2.79. The molecule has 3 aromatic carbocycles. The largest absolute Gasteiger partial charge is 0.454 e. The van der Waals surface area contributed by atoms with Crippen molar-refractivity contribution in [1.29, 1.82) is 0 Å². The van der Waals surface area contributed by atoms with Gasteiger partial charge in [-0.3, -0.25) is 9.52 Å². The molecule has 1 heterocycles. The fourth-order valence-corrected chi connectivity index (χ4v) is 4.16. The molecule has 0 atom stereocenters. The molecular formula is C22H20N2O5S. The van der Waals surface area contributed by atoms with Crippen molar-refractivity contribution in [2.75, 3.05) is 11.5 Å². The lowest BCUT2D eigenvalue weighted by Crippen LogP contribution is -2.23. The van der Waals surface area contributed by atoms with E-state index < -0.39 is 10.0 Å². The molecular weight excluding hydrogens is 404 g/mol. The summed E-state index contributed by atoms with van der Waals surface area (Å²) in [6.45, 7) is 2.33. The number of rotatable bonds is 6. The number of carbonyl (C=O) groups is 1. The van der Waals surface area contributed by atoms with E-state index >= 15 is 0 Å². The van der Waals surface area contributed by atoms with Crippen LogP contribution in [0, 0.1) is 6.92 Å². The first kappa shape index (κ1) is 19.8. The minimum Gasteiger partial charge on any atom is -0.454 e. The number of fused-ring (bicyclic) bond motifs is 1. The molecule has 2 N–H and O–H groups in total. The zero-order valence-electron chi connectivity index (χ0n) is 16.2. The van der Waals surface area contributed by atoms with Crippen molar-refractivity contribution < 1.29 is 22.7 Å². The van der Waals surface area contributed by atoms with E-state index in [1.54, 1.807) is 42.5 Å². The van der Waals surface area contributed by atoms with Crippen molar-refractivity contribution in [3.63, 3.8) is 0 Å². The van der Waals surface area contributed by atoms with Crippen LogP contribution < -0.4 is 19.5 Å². The lowest BCUT2D eigenvalue weighted by atomic mass is 10.2. The molecule has 4 rings (SSSR count). The number of amides is 1. The number of carbonyl (C=O) groups excluding carboxylic acids is 1. The Labute approximate surface area is 174 Å². The molecule has 30 heavy (non-hydrogen) atoms. The second-order valence-electron chi connectivity index (χ2n) is 6.87. The van der Waals surface area contributed by atoms with Crippen LogP contribution in [-0.2, 0) is 16.6 Å². The van der Waals surface area contributed by atoms with Crippen LogP contribution in [0.25, 0.3) is 0 Å². The van der Waals surface area contributed by atoms with Gasteiger partial charge in [0, 0.05) is 17.8 Å². The molecule has 0 unspecified atom stereocenters. The van der Waals surface area contributed by atoms with Crippen molar-refractivity contribution in [2.45, 2.75) is 18.4 Å². The number of aryl methyl sites for hydroxylation is 1. The first-order valence-electron chi connectivity index (χ1n) is 9.27. The maximum absolute atomic E-state index is 12.7. The van der Waals surface area contributed by atoms with Gasteiger partial charge < -0.3 is 14.8 Å². The highest BCUT2D eigenvalue weighted by molar-refractivity contribution is 7.92. The molecule has 0 aromatic heterocycles. The van der Waals surface area contributed by atoms with Crippen molar-refractivity contribution in [3.05, 3.63) is 83.4 Å². The molecule has 1 aliphatic rings. The third kappa shape index (κ3) is 4.38. The molecule has 154 valence electrons. The maximum atomic E-state index is 12.7. The maximum Gasteiger partial charge on any atom is 0.261 e. The van der Waals surface area contributed by atoms with Crippen LogP contribution in [0.3, 0.4) is 0 Å². The van der Waals surface area contributed by atoms with Crippen LogP contribution in [0.15, 0.2) is 71.6 Å². The van der Waals surface area contributed by atoms with Gasteiger partial charge in [-0.25, -0.2) is 8.42 Å². The minimum atomic E-state index is -3.82. The van der Waals surface area contributed by atoms with Crippen LogP contribution in [0.1, 0.15) is 21.5 Å². The molecule has 0 saturated heterocycles. The second-order valence-corrected chi connectivity index (χ2v) is 8.56. The summed E-state index contributed by atoms with van der Waals surface area (Å²) in [6.07, 6.45) is 0. The minimum absolute atomic E-state index is 0.0136. The molecule has 8 heteroatoms. The van der Waals surface area contributed by atoms with Crippen LogP contribution in [-0.4, -0.2) is 21.1 Å². The fourth-order valence-electron chi connectivity index (χ4n) is 3.06. The number of ether oxygens (including phenoxy) is 2. The summed E-state index contributed by atoms with van der Waals surface area (Å²) in [7, 11) is -3.82. The molecule has 1 aliphatic heterocycles. The van der Waals surface area contributed by atoms with Crippen molar-refractivity contribution in [2.24, 2.45) is 0 Å². The van der Waals surface area contributed by atoms with Crippen molar-refractivity contribution >= 4 is 21.6 Å². The monoisotopic (exact) mass is 424 g/mol. The first-order chi connectivity index (χ1) is 14.4. The Morgan fingerprint density at radius 1 is 0.967 bits per heavy atom. The van der Waals surface area contributed by atoms with E-state index in [0.717, 1.165) is 11.1 Å². The van der Waals surface area contributed by atoms with Crippen LogP contribution in [0.2, 0.25) is 0 Å². The Bertz CT molecular complexity index is 1210. The summed E-state index contributed by atoms with van der Waals surface area (Å²) in [5.41, 5.74) is 2.50. The van der Waals surface area contributed by atoms with E-state index in [1.807, 2.05) is 19.1 Å². The van der Waals surface area contributed by atoms with Gasteiger partial charge in [0.1, 0.15) is 0 Å². The number of anilines is 1. The summed E-state index contributed by atoms with van der Waals surface area (Å²) in [5.74, 6) is 0.932. The Hall–Kier alpha value is -3.52. The Morgan fingerprint density at radius 3 is 2.60 bits per heavy atom. The van der Waals surface area contributed by atoms with Crippen molar-refractivity contribution in [3.8, 4) is 11.5 Å². The molecule has 1 amide bonds. The van der Waals surface area contributed by atoms with E-state index in [2.05, 4.69) is 10.0 Å². The number of benzene rings is 3. The van der Waals surface area contributed by atoms with Crippen molar-refractivity contribution in [1.82, 2.24) is 5.32 Å². The van der Waals surface area contributed by atoms with Crippen LogP contribution >= 0.6 is 0 Å². The summed E-state index contributed by atoms with van der Waals surface area (Å²) < 4.78 is 38.6. The third-order valence-electron chi connectivity index (χ3n) is 4.57. The van der Waals surface area contributed by atoms with Gasteiger partial charge in [0.05, 0.1) is 4.90 Å². The Balaban J connectivity index is 1.46. The molecule has 0 radical (unpaired) electrons. The SMILES string of the molecule is Cc1cccc(NS(=O)(=O)c2cccc(C(=O)NCc3ccc4c(c3)OCO4)c2)c1. The summed E-state index contributed by atoms with van der Waals surface area (Å²) in [4.78, 5) is 12.6. The zero-order chi connectivity index (χ0) is 21.1. The topological polar surface area (TPSA) is 93.7 Å². The van der Waals surface area contributed by atoms with Crippen LogP contribution in [0.5, 0.6) is 11.5 Å². The predicted octanol–water partition coefficient (Wildman–Crippen LogP) is 3.45. The highest BCUT2D eigenvalue weighted by Gasteiger charge is 2.17. The standard InChI is InChI=1S/C22H20N2O5S/c1-15-4-2-6-18(10-15)24-30(26,27)19-7-3-5-17(12-19)22(25)23-13-16-8-9-20-21(11-16)29-14-28-20/h2-12,24H,13-14H2,1H3,(H,23,25). The highest BCUT2D eigenvalue weighted by Crippen LogP contribution is 2.32. The molecule has 3 aromatic rings. The van der Waals surface area contributed by atoms with E-state index in [1.165, 1.54) is 12.1 Å². The summed E-state index contributed by atoms with van der Waals surface area (Å²) in [6, 6.07) is 18.4. The molecule has 0 spiro atoms. The van der Waals surface area contributed by atoms with Gasteiger partial charge in [-0.2, -0.15) is 0 Å². The fraction of sp³-hybridized carbons (Fsp3) is 0.136. The molecule has 0 saturated carbocycles. The number of hydrogen-bond donors (Lipinski definition) is 2. The van der Waals surface area contributed by atoms with Gasteiger partial charge in [-0.15, -0.1) is 0 Å². The number of sulfonamides is 1. The van der Waals surface area contributed by atoms with Crippen LogP contribution in [0.4, 0.5) is 5.69 Å². The quantitative estimate of drug-likeness (QED) is 0.632. The first-order valence-corrected chi connectivity index (χ1v) is 10.8. The predicted molar refractivity (Wildman–Crippen MR) is 112 cm³/mol. The molecule has 0 fully saturated rings. The molecule has 0 aliphatic carbocycles. The lowest BCUT2D eigenvalue weighted by molar-refractivity contribution is 0.0950. The molecule has 0 bridgehead atoms. The zero-order valence-corrected chi connectivity index (χ0v) is 17.0. The van der Waals surface area contributed by atoms with E-state index in [-0.39, 0.29) is 29.7 Å². The number of hydrogen-bond acceptors (Lipinski definition) is 5. The van der Waals surface area contributed by atoms with E-state index in [0.29, 0.717) is 17.2 Å². The molecule has 7 nitrogen and oxygen atoms in total. The second kappa shape index (κ2) is 8.08.